The Bertz CT molecular complexity index is 759. The minimum absolute atomic E-state index is 0.886. The zero-order valence-electron chi connectivity index (χ0n) is 14.3. The van der Waals surface area contributed by atoms with E-state index in [9.17, 15) is 0 Å². The highest BCUT2D eigenvalue weighted by atomic mass is 16.5. The molecule has 2 heteroatoms. The molecule has 0 atom stereocenters. The summed E-state index contributed by atoms with van der Waals surface area (Å²) >= 11 is 0. The van der Waals surface area contributed by atoms with Gasteiger partial charge in [-0.2, -0.15) is 0 Å². The minimum atomic E-state index is 0.886. The fourth-order valence-corrected chi connectivity index (χ4v) is 2.73. The molecule has 3 aromatic rings. The monoisotopic (exact) mass is 317 g/mol. The summed E-state index contributed by atoms with van der Waals surface area (Å²) in [5.74, 6) is 0.886. The Balaban J connectivity index is 1.63. The van der Waals surface area contributed by atoms with E-state index in [-0.39, 0.29) is 0 Å². The molecule has 0 N–H and O–H groups in total. The number of nitrogens with zero attached hydrogens (tertiary/aromatic N) is 1. The van der Waals surface area contributed by atoms with Gasteiger partial charge in [0, 0.05) is 11.9 Å². The molecule has 0 aliphatic rings. The van der Waals surface area contributed by atoms with Gasteiger partial charge < -0.3 is 4.74 Å². The molecule has 0 fully saturated rings. The van der Waals surface area contributed by atoms with Crippen LogP contribution in [0.2, 0.25) is 0 Å². The summed E-state index contributed by atoms with van der Waals surface area (Å²) in [6.45, 7) is 2.15. The maximum Gasteiger partial charge on any atom is 0.118 e. The maximum atomic E-state index is 5.21. The quantitative estimate of drug-likeness (QED) is 0.630. The van der Waals surface area contributed by atoms with Crippen molar-refractivity contribution in [1.82, 2.24) is 4.98 Å². The van der Waals surface area contributed by atoms with Crippen LogP contribution in [-0.4, -0.2) is 12.1 Å². The molecule has 0 spiro atoms. The van der Waals surface area contributed by atoms with Gasteiger partial charge in [-0.1, -0.05) is 49.4 Å². The lowest BCUT2D eigenvalue weighted by Crippen LogP contribution is -1.95. The van der Waals surface area contributed by atoms with Crippen LogP contribution < -0.4 is 4.74 Å². The Morgan fingerprint density at radius 1 is 0.750 bits per heavy atom. The van der Waals surface area contributed by atoms with Gasteiger partial charge in [-0.25, -0.2) is 0 Å². The summed E-state index contributed by atoms with van der Waals surface area (Å²) in [6.07, 6.45) is 5.02. The second kappa shape index (κ2) is 7.78. The molecule has 122 valence electrons. The van der Waals surface area contributed by atoms with E-state index in [1.54, 1.807) is 7.11 Å². The molecular weight excluding hydrogens is 294 g/mol. The van der Waals surface area contributed by atoms with E-state index in [2.05, 4.69) is 60.4 Å². The van der Waals surface area contributed by atoms with Crippen LogP contribution in [0.15, 0.2) is 66.9 Å². The molecule has 1 aromatic heterocycles. The summed E-state index contributed by atoms with van der Waals surface area (Å²) in [5.41, 5.74) is 6.23. The average Bonchev–Trinajstić information content (AvgIpc) is 2.67. The summed E-state index contributed by atoms with van der Waals surface area (Å²) in [4.78, 5) is 4.53. The van der Waals surface area contributed by atoms with Crippen LogP contribution in [0.4, 0.5) is 0 Å². The zero-order valence-corrected chi connectivity index (χ0v) is 14.3. The number of rotatable bonds is 6. The highest BCUT2D eigenvalue weighted by Gasteiger charge is 2.01. The van der Waals surface area contributed by atoms with E-state index >= 15 is 0 Å². The first-order valence-electron chi connectivity index (χ1n) is 8.45. The number of benzene rings is 2. The zero-order chi connectivity index (χ0) is 16.8. The van der Waals surface area contributed by atoms with Gasteiger partial charge in [0.25, 0.3) is 0 Å². The van der Waals surface area contributed by atoms with Gasteiger partial charge >= 0.3 is 0 Å². The van der Waals surface area contributed by atoms with Gasteiger partial charge in [-0.15, -0.1) is 0 Å². The topological polar surface area (TPSA) is 22.1 Å². The molecule has 0 aliphatic carbocycles. The molecule has 2 aromatic carbocycles. The van der Waals surface area contributed by atoms with Crippen molar-refractivity contribution in [2.75, 3.05) is 7.11 Å². The fraction of sp³-hybridized carbons (Fsp3) is 0.227. The predicted octanol–water partition coefficient (Wildman–Crippen LogP) is 5.10. The summed E-state index contributed by atoms with van der Waals surface area (Å²) < 4.78 is 5.21. The molecule has 0 saturated heterocycles. The molecule has 0 amide bonds. The number of ether oxygens (including phenoxy) is 1. The van der Waals surface area contributed by atoms with E-state index in [4.69, 9.17) is 4.74 Å². The van der Waals surface area contributed by atoms with Crippen molar-refractivity contribution in [1.29, 1.82) is 0 Å². The van der Waals surface area contributed by atoms with Crippen LogP contribution in [0.3, 0.4) is 0 Å². The molecular formula is C22H23NO. The van der Waals surface area contributed by atoms with Crippen molar-refractivity contribution in [2.24, 2.45) is 0 Å². The van der Waals surface area contributed by atoms with Gasteiger partial charge in [-0.3, -0.25) is 4.98 Å². The van der Waals surface area contributed by atoms with Crippen molar-refractivity contribution in [3.8, 4) is 16.9 Å². The number of methoxy groups -OCH3 is 1. The van der Waals surface area contributed by atoms with E-state index in [0.717, 1.165) is 30.7 Å². The number of hydrogen-bond donors (Lipinski definition) is 0. The summed E-state index contributed by atoms with van der Waals surface area (Å²) in [6, 6.07) is 21.3. The van der Waals surface area contributed by atoms with Crippen LogP contribution in [0.5, 0.6) is 5.75 Å². The minimum Gasteiger partial charge on any atom is -0.497 e. The first-order chi connectivity index (χ1) is 11.8. The molecule has 24 heavy (non-hydrogen) atoms. The van der Waals surface area contributed by atoms with E-state index in [1.165, 1.54) is 22.3 Å². The number of aryl methyl sites for hydroxylation is 3. The van der Waals surface area contributed by atoms with Gasteiger partial charge in [0.2, 0.25) is 0 Å². The Hall–Kier alpha value is -2.61. The van der Waals surface area contributed by atoms with E-state index in [1.807, 2.05) is 18.3 Å². The van der Waals surface area contributed by atoms with Gasteiger partial charge in [0.1, 0.15) is 5.75 Å². The number of aromatic nitrogens is 1. The van der Waals surface area contributed by atoms with Gasteiger partial charge in [0.05, 0.1) is 7.11 Å². The Morgan fingerprint density at radius 2 is 1.38 bits per heavy atom. The third-order valence-corrected chi connectivity index (χ3v) is 4.34. The Labute approximate surface area is 144 Å². The maximum absolute atomic E-state index is 5.21. The van der Waals surface area contributed by atoms with Crippen molar-refractivity contribution >= 4 is 0 Å². The van der Waals surface area contributed by atoms with Crippen molar-refractivity contribution < 1.29 is 4.74 Å². The predicted molar refractivity (Wildman–Crippen MR) is 99.5 cm³/mol. The van der Waals surface area contributed by atoms with Crippen molar-refractivity contribution in [3.05, 3.63) is 83.7 Å². The number of hydrogen-bond acceptors (Lipinski definition) is 2. The molecule has 1 heterocycles. The third kappa shape index (κ3) is 4.02. The third-order valence-electron chi connectivity index (χ3n) is 4.34. The highest BCUT2D eigenvalue weighted by molar-refractivity contribution is 5.64. The molecule has 0 radical (unpaired) electrons. The van der Waals surface area contributed by atoms with Crippen LogP contribution in [0, 0.1) is 0 Å². The lowest BCUT2D eigenvalue weighted by molar-refractivity contribution is 0.415. The fourth-order valence-electron chi connectivity index (χ4n) is 2.73. The van der Waals surface area contributed by atoms with Crippen LogP contribution >= 0.6 is 0 Å². The van der Waals surface area contributed by atoms with Crippen LogP contribution in [0.25, 0.3) is 11.1 Å². The Morgan fingerprint density at radius 3 is 1.92 bits per heavy atom. The second-order valence-corrected chi connectivity index (χ2v) is 5.94. The normalized spacial score (nSPS) is 10.6. The van der Waals surface area contributed by atoms with Crippen molar-refractivity contribution in [3.63, 3.8) is 0 Å². The first kappa shape index (κ1) is 16.3. The summed E-state index contributed by atoms with van der Waals surface area (Å²) in [5, 5.41) is 0. The molecule has 2 nitrogen and oxygen atoms in total. The molecule has 0 saturated carbocycles. The lowest BCUT2D eigenvalue weighted by Gasteiger charge is -2.06. The molecule has 0 aliphatic heterocycles. The Kier molecular flexibility index (Phi) is 5.27. The average molecular weight is 317 g/mol. The molecule has 0 unspecified atom stereocenters. The van der Waals surface area contributed by atoms with Crippen molar-refractivity contribution in [2.45, 2.75) is 26.2 Å². The standard InChI is InChI=1S/C22H23NO/c1-3-17-6-12-21(23-16-17)13-7-18-4-8-19(9-5-18)20-10-14-22(24-2)15-11-20/h4-6,8-12,14-16H,3,7,13H2,1-2H3. The smallest absolute Gasteiger partial charge is 0.118 e. The van der Waals surface area contributed by atoms with Crippen LogP contribution in [0.1, 0.15) is 23.7 Å². The van der Waals surface area contributed by atoms with E-state index in [0.29, 0.717) is 0 Å². The van der Waals surface area contributed by atoms with Gasteiger partial charge in [0.15, 0.2) is 0 Å². The van der Waals surface area contributed by atoms with Gasteiger partial charge in [-0.05, 0) is 59.7 Å². The molecule has 0 bridgehead atoms. The highest BCUT2D eigenvalue weighted by Crippen LogP contribution is 2.23. The lowest BCUT2D eigenvalue weighted by atomic mass is 10.0. The second-order valence-electron chi connectivity index (χ2n) is 5.94. The van der Waals surface area contributed by atoms with Crippen LogP contribution in [-0.2, 0) is 19.3 Å². The largest absolute Gasteiger partial charge is 0.497 e. The number of pyridine rings is 1. The van der Waals surface area contributed by atoms with E-state index < -0.39 is 0 Å². The first-order valence-corrected chi connectivity index (χ1v) is 8.45. The molecule has 3 rings (SSSR count). The summed E-state index contributed by atoms with van der Waals surface area (Å²) in [7, 11) is 1.69. The SMILES string of the molecule is CCc1ccc(CCc2ccc(-c3ccc(OC)cc3)cc2)nc1.